The van der Waals surface area contributed by atoms with Crippen LogP contribution < -0.4 is 5.32 Å². The quantitative estimate of drug-likeness (QED) is 0.629. The average Bonchev–Trinajstić information content (AvgIpc) is 2.99. The Hall–Kier alpha value is -1.57. The zero-order valence-corrected chi connectivity index (χ0v) is 15.9. The van der Waals surface area contributed by atoms with E-state index in [0.29, 0.717) is 25.6 Å². The van der Waals surface area contributed by atoms with Gasteiger partial charge in [-0.1, -0.05) is 6.92 Å². The molecule has 0 amide bonds. The number of guanidine groups is 1. The van der Waals surface area contributed by atoms with E-state index in [1.54, 1.807) is 20.0 Å². The number of nitrogens with one attached hydrogen (secondary N) is 1. The standard InChI is InChI=1S/C16H29N5O2S/c1-5-17-15(18-11-14(2)12-21-8-6-7-19-21)20-9-10-24(22,23)16(3,4)13-20/h6-8,14H,5,9-13H2,1-4H3,(H,17,18). The number of aromatic nitrogens is 2. The predicted octanol–water partition coefficient (Wildman–Crippen LogP) is 0.994. The second kappa shape index (κ2) is 7.55. The summed E-state index contributed by atoms with van der Waals surface area (Å²) in [5, 5.41) is 7.51. The third-order valence-electron chi connectivity index (χ3n) is 4.29. The SMILES string of the molecule is CCNC(=NCC(C)Cn1cccn1)N1CCS(=O)(=O)C(C)(C)C1. The Bertz CT molecular complexity index is 652. The van der Waals surface area contributed by atoms with Gasteiger partial charge in [-0.2, -0.15) is 5.10 Å². The molecule has 0 spiro atoms. The fourth-order valence-electron chi connectivity index (χ4n) is 2.78. The van der Waals surface area contributed by atoms with E-state index in [9.17, 15) is 8.42 Å². The van der Waals surface area contributed by atoms with Gasteiger partial charge in [-0.15, -0.1) is 0 Å². The Morgan fingerprint density at radius 2 is 2.21 bits per heavy atom. The molecule has 0 radical (unpaired) electrons. The van der Waals surface area contributed by atoms with Crippen molar-refractivity contribution in [2.24, 2.45) is 10.9 Å². The molecule has 0 aromatic carbocycles. The fourth-order valence-corrected chi connectivity index (χ4v) is 4.14. The van der Waals surface area contributed by atoms with Crippen LogP contribution in [0.15, 0.2) is 23.5 Å². The third kappa shape index (κ3) is 4.49. The number of nitrogens with zero attached hydrogens (tertiary/aromatic N) is 4. The maximum absolute atomic E-state index is 12.2. The van der Waals surface area contributed by atoms with Crippen LogP contribution in [-0.4, -0.2) is 65.7 Å². The van der Waals surface area contributed by atoms with Gasteiger partial charge in [-0.05, 0) is 32.8 Å². The lowest BCUT2D eigenvalue weighted by atomic mass is 10.2. The first kappa shape index (κ1) is 18.8. The Kier molecular flexibility index (Phi) is 5.90. The molecular weight excluding hydrogens is 326 g/mol. The first-order valence-electron chi connectivity index (χ1n) is 8.48. The molecule has 1 N–H and O–H groups in total. The topological polar surface area (TPSA) is 79.6 Å². The van der Waals surface area contributed by atoms with Gasteiger partial charge in [0.05, 0.1) is 10.5 Å². The minimum absolute atomic E-state index is 0.174. The van der Waals surface area contributed by atoms with Gasteiger partial charge in [-0.25, -0.2) is 8.42 Å². The van der Waals surface area contributed by atoms with Gasteiger partial charge in [0.15, 0.2) is 15.8 Å². The molecule has 1 aliphatic rings. The number of sulfone groups is 1. The summed E-state index contributed by atoms with van der Waals surface area (Å²) in [6.07, 6.45) is 3.72. The molecule has 1 aromatic heterocycles. The van der Waals surface area contributed by atoms with E-state index in [4.69, 9.17) is 4.99 Å². The van der Waals surface area contributed by atoms with Crippen LogP contribution in [0.3, 0.4) is 0 Å². The van der Waals surface area contributed by atoms with Crippen molar-refractivity contribution in [3.8, 4) is 0 Å². The number of aliphatic imine (C=N–C) groups is 1. The third-order valence-corrected chi connectivity index (χ3v) is 6.82. The Morgan fingerprint density at radius 3 is 2.79 bits per heavy atom. The summed E-state index contributed by atoms with van der Waals surface area (Å²) in [5.74, 6) is 1.32. The molecule has 2 heterocycles. The highest BCUT2D eigenvalue weighted by Crippen LogP contribution is 2.23. The molecule has 0 saturated carbocycles. The van der Waals surface area contributed by atoms with Crippen LogP contribution >= 0.6 is 0 Å². The molecule has 1 aliphatic heterocycles. The molecule has 1 aromatic rings. The predicted molar refractivity (Wildman–Crippen MR) is 96.8 cm³/mol. The molecule has 136 valence electrons. The van der Waals surface area contributed by atoms with Gasteiger partial charge < -0.3 is 10.2 Å². The first-order chi connectivity index (χ1) is 11.2. The van der Waals surface area contributed by atoms with Gasteiger partial charge in [0.2, 0.25) is 0 Å². The van der Waals surface area contributed by atoms with Crippen LogP contribution in [0, 0.1) is 5.92 Å². The van der Waals surface area contributed by atoms with Gasteiger partial charge in [0, 0.05) is 45.1 Å². The zero-order chi connectivity index (χ0) is 17.8. The van der Waals surface area contributed by atoms with Crippen LogP contribution in [0.1, 0.15) is 27.7 Å². The zero-order valence-electron chi connectivity index (χ0n) is 15.1. The molecule has 24 heavy (non-hydrogen) atoms. The summed E-state index contributed by atoms with van der Waals surface area (Å²) in [7, 11) is -3.04. The molecule has 2 rings (SSSR count). The second-order valence-electron chi connectivity index (χ2n) is 7.03. The van der Waals surface area contributed by atoms with Crippen molar-refractivity contribution < 1.29 is 8.42 Å². The lowest BCUT2D eigenvalue weighted by molar-refractivity contribution is 0.351. The second-order valence-corrected chi connectivity index (χ2v) is 9.77. The molecule has 1 atom stereocenters. The normalized spacial score (nSPS) is 21.5. The molecule has 1 saturated heterocycles. The van der Waals surface area contributed by atoms with Crippen molar-refractivity contribution in [1.29, 1.82) is 0 Å². The first-order valence-corrected chi connectivity index (χ1v) is 10.1. The molecule has 7 nitrogen and oxygen atoms in total. The number of hydrogen-bond donors (Lipinski definition) is 1. The summed E-state index contributed by atoms with van der Waals surface area (Å²) >= 11 is 0. The van der Waals surface area contributed by atoms with E-state index < -0.39 is 14.6 Å². The maximum atomic E-state index is 12.2. The van der Waals surface area contributed by atoms with Crippen LogP contribution in [0.25, 0.3) is 0 Å². The summed E-state index contributed by atoms with van der Waals surface area (Å²) in [6, 6.07) is 1.91. The largest absolute Gasteiger partial charge is 0.357 e. The highest BCUT2D eigenvalue weighted by Gasteiger charge is 2.40. The maximum Gasteiger partial charge on any atom is 0.194 e. The van der Waals surface area contributed by atoms with Crippen molar-refractivity contribution in [2.45, 2.75) is 39.0 Å². The van der Waals surface area contributed by atoms with E-state index in [1.807, 2.05) is 23.9 Å². The van der Waals surface area contributed by atoms with Gasteiger partial charge in [-0.3, -0.25) is 9.67 Å². The van der Waals surface area contributed by atoms with E-state index in [1.165, 1.54) is 0 Å². The van der Waals surface area contributed by atoms with Crippen LogP contribution in [0.2, 0.25) is 0 Å². The van der Waals surface area contributed by atoms with E-state index in [-0.39, 0.29) is 5.75 Å². The van der Waals surface area contributed by atoms with Gasteiger partial charge in [0.25, 0.3) is 0 Å². The highest BCUT2D eigenvalue weighted by atomic mass is 32.2. The summed E-state index contributed by atoms with van der Waals surface area (Å²) in [6.45, 7) is 10.9. The van der Waals surface area contributed by atoms with Gasteiger partial charge >= 0.3 is 0 Å². The molecular formula is C16H29N5O2S. The van der Waals surface area contributed by atoms with Crippen LogP contribution in [0.5, 0.6) is 0 Å². The molecule has 1 fully saturated rings. The van der Waals surface area contributed by atoms with Crippen LogP contribution in [0.4, 0.5) is 0 Å². The Morgan fingerprint density at radius 1 is 1.46 bits per heavy atom. The highest BCUT2D eigenvalue weighted by molar-refractivity contribution is 7.92. The minimum Gasteiger partial charge on any atom is -0.357 e. The lowest BCUT2D eigenvalue weighted by Crippen LogP contribution is -2.57. The Balaban J connectivity index is 2.03. The van der Waals surface area contributed by atoms with Crippen molar-refractivity contribution in [1.82, 2.24) is 20.0 Å². The molecule has 0 aliphatic carbocycles. The average molecular weight is 356 g/mol. The lowest BCUT2D eigenvalue weighted by Gasteiger charge is -2.39. The van der Waals surface area contributed by atoms with Crippen molar-refractivity contribution in [2.75, 3.05) is 31.9 Å². The van der Waals surface area contributed by atoms with Crippen molar-refractivity contribution in [3.63, 3.8) is 0 Å². The van der Waals surface area contributed by atoms with Crippen molar-refractivity contribution in [3.05, 3.63) is 18.5 Å². The number of hydrogen-bond acceptors (Lipinski definition) is 4. The summed E-state index contributed by atoms with van der Waals surface area (Å²) < 4.78 is 25.5. The number of rotatable bonds is 5. The Labute approximate surface area is 145 Å². The van der Waals surface area contributed by atoms with Gasteiger partial charge in [0.1, 0.15) is 0 Å². The van der Waals surface area contributed by atoms with Crippen LogP contribution in [-0.2, 0) is 16.4 Å². The summed E-state index contributed by atoms with van der Waals surface area (Å²) in [4.78, 5) is 6.79. The monoisotopic (exact) mass is 355 g/mol. The molecule has 8 heteroatoms. The van der Waals surface area contributed by atoms with E-state index >= 15 is 0 Å². The van der Waals surface area contributed by atoms with E-state index in [0.717, 1.165) is 19.0 Å². The van der Waals surface area contributed by atoms with Crippen molar-refractivity contribution >= 4 is 15.8 Å². The molecule has 0 bridgehead atoms. The smallest absolute Gasteiger partial charge is 0.194 e. The summed E-state index contributed by atoms with van der Waals surface area (Å²) in [5.41, 5.74) is 0. The fraction of sp³-hybridized carbons (Fsp3) is 0.750. The molecule has 1 unspecified atom stereocenters. The van der Waals surface area contributed by atoms with E-state index in [2.05, 4.69) is 22.2 Å². The minimum atomic E-state index is -3.04.